The fourth-order valence-corrected chi connectivity index (χ4v) is 2.45. The predicted molar refractivity (Wildman–Crippen MR) is 106 cm³/mol. The van der Waals surface area contributed by atoms with Crippen LogP contribution in [0.15, 0.2) is 48.6 Å². The van der Waals surface area contributed by atoms with Gasteiger partial charge in [0.1, 0.15) is 11.2 Å². The molecule has 1 aromatic carbocycles. The van der Waals surface area contributed by atoms with Crippen molar-refractivity contribution < 1.29 is 28.5 Å². The van der Waals surface area contributed by atoms with Crippen LogP contribution < -0.4 is 0 Å². The Labute approximate surface area is 166 Å². The summed E-state index contributed by atoms with van der Waals surface area (Å²) in [4.78, 5) is 24.4. The second-order valence-electron chi connectivity index (χ2n) is 8.51. The van der Waals surface area contributed by atoms with Gasteiger partial charge >= 0.3 is 12.3 Å². The van der Waals surface area contributed by atoms with Crippen LogP contribution in [0.5, 0.6) is 0 Å². The highest BCUT2D eigenvalue weighted by molar-refractivity contribution is 5.76. The molecule has 1 aliphatic carbocycles. The van der Waals surface area contributed by atoms with E-state index < -0.39 is 29.3 Å². The molecule has 0 amide bonds. The Morgan fingerprint density at radius 1 is 0.857 bits per heavy atom. The number of ether oxygens (including phenoxy) is 4. The molecule has 152 valence electrons. The van der Waals surface area contributed by atoms with Gasteiger partial charge in [-0.25, -0.2) is 9.59 Å². The molecule has 0 radical (unpaired) electrons. The van der Waals surface area contributed by atoms with E-state index >= 15 is 0 Å². The van der Waals surface area contributed by atoms with Crippen LogP contribution in [0.3, 0.4) is 0 Å². The number of hydrogen-bond donors (Lipinski definition) is 0. The molecular formula is C22H28O6. The van der Waals surface area contributed by atoms with Crippen LogP contribution >= 0.6 is 0 Å². The van der Waals surface area contributed by atoms with Gasteiger partial charge in [-0.3, -0.25) is 0 Å². The fraction of sp³-hybridized carbons (Fsp3) is 0.455. The lowest BCUT2D eigenvalue weighted by Gasteiger charge is -2.32. The van der Waals surface area contributed by atoms with Gasteiger partial charge in [-0.1, -0.05) is 42.5 Å². The average molecular weight is 388 g/mol. The molecule has 28 heavy (non-hydrogen) atoms. The van der Waals surface area contributed by atoms with Crippen molar-refractivity contribution in [3.63, 3.8) is 0 Å². The summed E-state index contributed by atoms with van der Waals surface area (Å²) in [6, 6.07) is 9.72. The molecule has 0 saturated carbocycles. The van der Waals surface area contributed by atoms with Crippen molar-refractivity contribution in [2.45, 2.75) is 65.0 Å². The van der Waals surface area contributed by atoms with E-state index in [1.165, 1.54) is 6.08 Å². The zero-order valence-corrected chi connectivity index (χ0v) is 17.3. The first kappa shape index (κ1) is 21.5. The monoisotopic (exact) mass is 388 g/mol. The highest BCUT2D eigenvalue weighted by Crippen LogP contribution is 2.32. The van der Waals surface area contributed by atoms with E-state index in [1.807, 2.05) is 36.4 Å². The van der Waals surface area contributed by atoms with Crippen molar-refractivity contribution in [1.82, 2.24) is 0 Å². The lowest BCUT2D eigenvalue weighted by Crippen LogP contribution is -2.42. The van der Waals surface area contributed by atoms with E-state index in [2.05, 4.69) is 0 Å². The van der Waals surface area contributed by atoms with Gasteiger partial charge in [0.05, 0.1) is 0 Å². The Morgan fingerprint density at radius 2 is 1.36 bits per heavy atom. The number of rotatable bonds is 3. The van der Waals surface area contributed by atoms with Crippen LogP contribution in [0, 0.1) is 0 Å². The van der Waals surface area contributed by atoms with Crippen molar-refractivity contribution in [2.75, 3.05) is 0 Å². The summed E-state index contributed by atoms with van der Waals surface area (Å²) in [5, 5.41) is 0. The van der Waals surface area contributed by atoms with Gasteiger partial charge in [-0.15, -0.1) is 0 Å². The van der Waals surface area contributed by atoms with Gasteiger partial charge in [0, 0.05) is 12.5 Å². The van der Waals surface area contributed by atoms with Crippen LogP contribution in [-0.4, -0.2) is 29.3 Å². The van der Waals surface area contributed by atoms with Crippen LogP contribution in [0.4, 0.5) is 9.59 Å². The Balaban J connectivity index is 2.21. The molecule has 0 aliphatic heterocycles. The minimum Gasteiger partial charge on any atom is -0.428 e. The Kier molecular flexibility index (Phi) is 6.22. The van der Waals surface area contributed by atoms with Crippen molar-refractivity contribution in [2.24, 2.45) is 0 Å². The first-order valence-electron chi connectivity index (χ1n) is 9.16. The summed E-state index contributed by atoms with van der Waals surface area (Å²) in [5.41, 5.74) is 0.444. The van der Waals surface area contributed by atoms with Gasteiger partial charge in [0.2, 0.25) is 0 Å². The number of allylic oxidation sites excluding steroid dienone is 2. The number of carbonyl (C=O) groups is 2. The molecule has 0 atom stereocenters. The Bertz CT molecular complexity index is 732. The maximum absolute atomic E-state index is 12.2. The standard InChI is InChI=1S/C22H28O6/c1-20(2,3)25-18(23)27-22(28-19(24)26-21(4,5)6)14-12-17(13-15-22)16-10-8-7-9-11-16/h7-14H,15H2,1-6H3. The van der Waals surface area contributed by atoms with E-state index in [0.29, 0.717) is 0 Å². The number of carbonyl (C=O) groups excluding carboxylic acids is 2. The Morgan fingerprint density at radius 3 is 1.75 bits per heavy atom. The summed E-state index contributed by atoms with van der Waals surface area (Å²) in [7, 11) is 0. The lowest BCUT2D eigenvalue weighted by molar-refractivity contribution is -0.170. The van der Waals surface area contributed by atoms with Crippen molar-refractivity contribution in [3.05, 3.63) is 54.1 Å². The first-order valence-corrected chi connectivity index (χ1v) is 9.16. The number of benzene rings is 1. The Hall–Kier alpha value is -2.76. The van der Waals surface area contributed by atoms with Crippen LogP contribution in [-0.2, 0) is 18.9 Å². The predicted octanol–water partition coefficient (Wildman–Crippen LogP) is 5.63. The number of hydrogen-bond acceptors (Lipinski definition) is 6. The van der Waals surface area contributed by atoms with Crippen molar-refractivity contribution in [1.29, 1.82) is 0 Å². The summed E-state index contributed by atoms with van der Waals surface area (Å²) in [5.74, 6) is -1.64. The van der Waals surface area contributed by atoms with Crippen molar-refractivity contribution >= 4 is 17.9 Å². The van der Waals surface area contributed by atoms with Crippen LogP contribution in [0.1, 0.15) is 53.5 Å². The van der Waals surface area contributed by atoms with E-state index in [1.54, 1.807) is 47.6 Å². The zero-order chi connectivity index (χ0) is 21.0. The van der Waals surface area contributed by atoms with Gasteiger partial charge in [-0.2, -0.15) is 0 Å². The molecular weight excluding hydrogens is 360 g/mol. The molecule has 0 fully saturated rings. The molecule has 0 aromatic heterocycles. The molecule has 2 rings (SSSR count). The maximum Gasteiger partial charge on any atom is 0.512 e. The van der Waals surface area contributed by atoms with E-state index in [-0.39, 0.29) is 6.42 Å². The van der Waals surface area contributed by atoms with E-state index in [0.717, 1.165) is 11.1 Å². The average Bonchev–Trinajstić information content (AvgIpc) is 2.52. The van der Waals surface area contributed by atoms with Gasteiger partial charge in [0.25, 0.3) is 5.79 Å². The SMILES string of the molecule is CC(C)(C)OC(=O)OC1(OC(=O)OC(C)(C)C)C=CC(c2ccccc2)=CC1. The van der Waals surface area contributed by atoms with Gasteiger partial charge in [-0.05, 0) is 52.7 Å². The van der Waals surface area contributed by atoms with Crippen molar-refractivity contribution in [3.8, 4) is 0 Å². The lowest BCUT2D eigenvalue weighted by atomic mass is 9.96. The van der Waals surface area contributed by atoms with E-state index in [9.17, 15) is 9.59 Å². The molecule has 0 bridgehead atoms. The minimum absolute atomic E-state index is 0.131. The second kappa shape index (κ2) is 8.09. The third-order valence-electron chi connectivity index (χ3n) is 3.52. The molecule has 0 unspecified atom stereocenters. The molecule has 6 heteroatoms. The minimum atomic E-state index is -1.64. The molecule has 1 aromatic rings. The largest absolute Gasteiger partial charge is 0.512 e. The summed E-state index contributed by atoms with van der Waals surface area (Å²) < 4.78 is 21.2. The summed E-state index contributed by atoms with van der Waals surface area (Å²) in [6.45, 7) is 10.3. The maximum atomic E-state index is 12.2. The molecule has 1 aliphatic rings. The quantitative estimate of drug-likeness (QED) is 0.494. The topological polar surface area (TPSA) is 71.1 Å². The van der Waals surface area contributed by atoms with Crippen LogP contribution in [0.25, 0.3) is 5.57 Å². The molecule has 0 spiro atoms. The molecule has 6 nitrogen and oxygen atoms in total. The first-order chi connectivity index (χ1) is 12.9. The summed E-state index contributed by atoms with van der Waals surface area (Å²) >= 11 is 0. The highest BCUT2D eigenvalue weighted by Gasteiger charge is 2.40. The van der Waals surface area contributed by atoms with Gasteiger partial charge < -0.3 is 18.9 Å². The third kappa shape index (κ3) is 6.76. The van der Waals surface area contributed by atoms with Gasteiger partial charge in [0.15, 0.2) is 0 Å². The molecule has 0 saturated heterocycles. The fourth-order valence-electron chi connectivity index (χ4n) is 2.45. The molecule has 0 heterocycles. The second-order valence-corrected chi connectivity index (χ2v) is 8.51. The normalized spacial score (nSPS) is 16.0. The third-order valence-corrected chi connectivity index (χ3v) is 3.52. The van der Waals surface area contributed by atoms with Crippen LogP contribution in [0.2, 0.25) is 0 Å². The zero-order valence-electron chi connectivity index (χ0n) is 17.3. The highest BCUT2D eigenvalue weighted by atomic mass is 16.8. The van der Waals surface area contributed by atoms with E-state index in [4.69, 9.17) is 18.9 Å². The molecule has 0 N–H and O–H groups in total. The smallest absolute Gasteiger partial charge is 0.428 e. The summed E-state index contributed by atoms with van der Waals surface area (Å²) in [6.07, 6.45) is 3.38.